The van der Waals surface area contributed by atoms with Crippen molar-refractivity contribution in [3.63, 3.8) is 0 Å². The second-order valence-corrected chi connectivity index (χ2v) is 4.07. The summed E-state index contributed by atoms with van der Waals surface area (Å²) in [7, 11) is 0. The summed E-state index contributed by atoms with van der Waals surface area (Å²) in [6.07, 6.45) is 0. The van der Waals surface area contributed by atoms with Crippen molar-refractivity contribution in [3.8, 4) is 0 Å². The minimum Gasteiger partial charge on any atom is -0.351 e. The summed E-state index contributed by atoms with van der Waals surface area (Å²) in [6.45, 7) is 4.36. The average Bonchev–Trinajstić information content (AvgIpc) is 2.26. The zero-order valence-electron chi connectivity index (χ0n) is 11.0. The van der Waals surface area contributed by atoms with Gasteiger partial charge in [0.1, 0.15) is 5.84 Å². The maximum absolute atomic E-state index is 11.4. The number of amides is 2. The Bertz CT molecular complexity index is 544. The molecule has 6 heteroatoms. The lowest BCUT2D eigenvalue weighted by atomic mass is 10.0. The van der Waals surface area contributed by atoms with Gasteiger partial charge in [0.05, 0.1) is 5.69 Å². The highest BCUT2D eigenvalue weighted by molar-refractivity contribution is 6.02. The number of urea groups is 1. The van der Waals surface area contributed by atoms with E-state index in [0.29, 0.717) is 16.8 Å². The van der Waals surface area contributed by atoms with E-state index in [1.807, 2.05) is 0 Å². The number of hydrogen-bond donors (Lipinski definition) is 2. The van der Waals surface area contributed by atoms with Gasteiger partial charge >= 0.3 is 6.03 Å². The topological polar surface area (TPSA) is 102 Å². The average molecular weight is 261 g/mol. The molecule has 0 saturated carbocycles. The molecular formula is C13H15N3O3. The molecule has 0 saturated heterocycles. The summed E-state index contributed by atoms with van der Waals surface area (Å²) in [5.41, 5.74) is 6.15. The first-order chi connectivity index (χ1) is 8.79. The van der Waals surface area contributed by atoms with E-state index in [9.17, 15) is 14.4 Å². The van der Waals surface area contributed by atoms with Crippen LogP contribution in [0.4, 0.5) is 10.5 Å². The summed E-state index contributed by atoms with van der Waals surface area (Å²) < 4.78 is 0. The molecule has 0 atom stereocenters. The van der Waals surface area contributed by atoms with Gasteiger partial charge in [-0.3, -0.25) is 14.9 Å². The Balaban J connectivity index is 3.23. The number of ketones is 2. The Morgan fingerprint density at radius 3 is 1.84 bits per heavy atom. The van der Waals surface area contributed by atoms with Crippen molar-refractivity contribution < 1.29 is 14.4 Å². The van der Waals surface area contributed by atoms with E-state index in [4.69, 9.17) is 5.73 Å². The molecule has 2 amide bonds. The second kappa shape index (κ2) is 5.90. The number of aliphatic imine (C=N–C) groups is 1. The van der Waals surface area contributed by atoms with Crippen LogP contribution in [0.3, 0.4) is 0 Å². The molecule has 3 N–H and O–H groups in total. The van der Waals surface area contributed by atoms with Gasteiger partial charge in [0.15, 0.2) is 11.6 Å². The van der Waals surface area contributed by atoms with Crippen molar-refractivity contribution >= 4 is 29.1 Å². The third-order valence-corrected chi connectivity index (χ3v) is 2.33. The minimum absolute atomic E-state index is 0.167. The first-order valence-corrected chi connectivity index (χ1v) is 5.58. The van der Waals surface area contributed by atoms with Crippen molar-refractivity contribution in [1.29, 1.82) is 0 Å². The van der Waals surface area contributed by atoms with Gasteiger partial charge in [-0.25, -0.2) is 9.79 Å². The van der Waals surface area contributed by atoms with E-state index in [1.54, 1.807) is 19.1 Å². The highest BCUT2D eigenvalue weighted by Crippen LogP contribution is 2.19. The maximum atomic E-state index is 11.4. The molecule has 1 rings (SSSR count). The molecule has 1 aromatic carbocycles. The van der Waals surface area contributed by atoms with Gasteiger partial charge in [-0.15, -0.1) is 0 Å². The van der Waals surface area contributed by atoms with Gasteiger partial charge in [-0.2, -0.15) is 0 Å². The molecule has 0 heterocycles. The summed E-state index contributed by atoms with van der Waals surface area (Å²) in [5.74, 6) is -0.0529. The minimum atomic E-state index is -0.726. The Labute approximate surface area is 110 Å². The summed E-state index contributed by atoms with van der Waals surface area (Å²) >= 11 is 0. The standard InChI is InChI=1S/C13H15N3O3/c1-7(17)10-4-11(8(2)18)6-12(5-10)15-9(3)16-13(14)19/h4-6H,1-3H3,(H3,14,15,16,19). The maximum Gasteiger partial charge on any atom is 0.317 e. The van der Waals surface area contributed by atoms with Gasteiger partial charge in [0.2, 0.25) is 0 Å². The summed E-state index contributed by atoms with van der Waals surface area (Å²) in [5, 5.41) is 2.31. The van der Waals surface area contributed by atoms with Crippen LogP contribution in [0.1, 0.15) is 41.5 Å². The number of hydrogen-bond acceptors (Lipinski definition) is 4. The van der Waals surface area contributed by atoms with Crippen LogP contribution in [0.5, 0.6) is 0 Å². The normalized spacial score (nSPS) is 11.0. The number of benzene rings is 1. The molecule has 19 heavy (non-hydrogen) atoms. The van der Waals surface area contributed by atoms with Crippen molar-refractivity contribution in [2.45, 2.75) is 20.8 Å². The Morgan fingerprint density at radius 1 is 1.00 bits per heavy atom. The molecule has 1 aromatic rings. The van der Waals surface area contributed by atoms with E-state index < -0.39 is 6.03 Å². The predicted molar refractivity (Wildman–Crippen MR) is 71.9 cm³/mol. The lowest BCUT2D eigenvalue weighted by molar-refractivity contribution is 0.101. The van der Waals surface area contributed by atoms with Crippen LogP contribution in [-0.4, -0.2) is 23.4 Å². The fraction of sp³-hybridized carbons (Fsp3) is 0.231. The molecule has 0 aliphatic carbocycles. The molecule has 100 valence electrons. The lowest BCUT2D eigenvalue weighted by Gasteiger charge is -2.05. The second-order valence-electron chi connectivity index (χ2n) is 4.07. The number of nitrogens with zero attached hydrogens (tertiary/aromatic N) is 1. The van der Waals surface area contributed by atoms with Gasteiger partial charge in [-0.05, 0) is 39.0 Å². The van der Waals surface area contributed by atoms with Gasteiger partial charge in [0, 0.05) is 11.1 Å². The molecular weight excluding hydrogens is 246 g/mol. The number of nitrogens with two attached hydrogens (primary N) is 1. The third kappa shape index (κ3) is 4.34. The number of nitrogens with one attached hydrogen (secondary N) is 1. The quantitative estimate of drug-likeness (QED) is 0.492. The van der Waals surface area contributed by atoms with Crippen LogP contribution < -0.4 is 11.1 Å². The van der Waals surface area contributed by atoms with Gasteiger partial charge < -0.3 is 5.73 Å². The monoisotopic (exact) mass is 261 g/mol. The highest BCUT2D eigenvalue weighted by Gasteiger charge is 2.08. The van der Waals surface area contributed by atoms with Crippen LogP contribution >= 0.6 is 0 Å². The SMILES string of the molecule is CC(=O)c1cc(N=C(C)NC(N)=O)cc(C(C)=O)c1. The Morgan fingerprint density at radius 2 is 1.47 bits per heavy atom. The van der Waals surface area contributed by atoms with Crippen molar-refractivity contribution in [3.05, 3.63) is 29.3 Å². The zero-order valence-corrected chi connectivity index (χ0v) is 11.0. The largest absolute Gasteiger partial charge is 0.351 e. The van der Waals surface area contributed by atoms with E-state index in [1.165, 1.54) is 19.9 Å². The van der Waals surface area contributed by atoms with Gasteiger partial charge in [-0.1, -0.05) is 0 Å². The number of carbonyl (C=O) groups is 3. The van der Waals surface area contributed by atoms with Crippen LogP contribution in [0.15, 0.2) is 23.2 Å². The van der Waals surface area contributed by atoms with E-state index >= 15 is 0 Å². The lowest BCUT2D eigenvalue weighted by Crippen LogP contribution is -2.33. The number of amidine groups is 1. The number of primary amides is 1. The number of Topliss-reactive ketones (excluding diaryl/α,β-unsaturated/α-hetero) is 2. The molecule has 0 fully saturated rings. The molecule has 6 nitrogen and oxygen atoms in total. The fourth-order valence-electron chi connectivity index (χ4n) is 1.48. The number of carbonyl (C=O) groups excluding carboxylic acids is 3. The molecule has 0 aliphatic rings. The van der Waals surface area contributed by atoms with Crippen molar-refractivity contribution in [2.24, 2.45) is 10.7 Å². The van der Waals surface area contributed by atoms with Crippen LogP contribution in [0.2, 0.25) is 0 Å². The van der Waals surface area contributed by atoms with Crippen LogP contribution in [-0.2, 0) is 0 Å². The first kappa shape index (κ1) is 14.6. The molecule has 0 aromatic heterocycles. The Hall–Kier alpha value is -2.50. The third-order valence-electron chi connectivity index (χ3n) is 2.33. The van der Waals surface area contributed by atoms with E-state index in [2.05, 4.69) is 10.3 Å². The van der Waals surface area contributed by atoms with Crippen molar-refractivity contribution in [2.75, 3.05) is 0 Å². The Kier molecular flexibility index (Phi) is 4.52. The van der Waals surface area contributed by atoms with E-state index in [-0.39, 0.29) is 17.4 Å². The molecule has 0 spiro atoms. The predicted octanol–water partition coefficient (Wildman–Crippen LogP) is 1.81. The summed E-state index contributed by atoms with van der Waals surface area (Å²) in [4.78, 5) is 37.5. The molecule has 0 bridgehead atoms. The van der Waals surface area contributed by atoms with Crippen LogP contribution in [0, 0.1) is 0 Å². The smallest absolute Gasteiger partial charge is 0.317 e. The first-order valence-electron chi connectivity index (χ1n) is 5.58. The van der Waals surface area contributed by atoms with E-state index in [0.717, 1.165) is 0 Å². The number of rotatable bonds is 3. The molecule has 0 unspecified atom stereocenters. The fourth-order valence-corrected chi connectivity index (χ4v) is 1.48. The van der Waals surface area contributed by atoms with Crippen molar-refractivity contribution in [1.82, 2.24) is 5.32 Å². The zero-order chi connectivity index (χ0) is 14.6. The van der Waals surface area contributed by atoms with Crippen LogP contribution in [0.25, 0.3) is 0 Å². The molecule has 0 radical (unpaired) electrons. The highest BCUT2D eigenvalue weighted by atomic mass is 16.2. The van der Waals surface area contributed by atoms with Gasteiger partial charge in [0.25, 0.3) is 0 Å². The summed E-state index contributed by atoms with van der Waals surface area (Å²) in [6, 6.07) is 3.87. The molecule has 0 aliphatic heterocycles.